The lowest BCUT2D eigenvalue weighted by Crippen LogP contribution is -2.36. The third kappa shape index (κ3) is 3.80. The van der Waals surface area contributed by atoms with Crippen molar-refractivity contribution in [3.63, 3.8) is 0 Å². The van der Waals surface area contributed by atoms with Gasteiger partial charge in [-0.1, -0.05) is 17.7 Å². The summed E-state index contributed by atoms with van der Waals surface area (Å²) in [4.78, 5) is 2.03. The number of hydrogen-bond donors (Lipinski definition) is 1. The van der Waals surface area contributed by atoms with E-state index in [0.717, 1.165) is 30.9 Å². The van der Waals surface area contributed by atoms with E-state index >= 15 is 0 Å². The van der Waals surface area contributed by atoms with Crippen LogP contribution in [-0.2, 0) is 14.8 Å². The van der Waals surface area contributed by atoms with E-state index in [0.29, 0.717) is 18.9 Å². The molecule has 0 unspecified atom stereocenters. The van der Waals surface area contributed by atoms with Crippen LogP contribution < -0.4 is 9.62 Å². The highest BCUT2D eigenvalue weighted by molar-refractivity contribution is 7.92. The lowest BCUT2D eigenvalue weighted by Gasteiger charge is -2.29. The van der Waals surface area contributed by atoms with Gasteiger partial charge in [-0.05, 0) is 36.4 Å². The Bertz CT molecular complexity index is 839. The van der Waals surface area contributed by atoms with Crippen molar-refractivity contribution in [1.82, 2.24) is 0 Å². The molecule has 0 aliphatic carbocycles. The van der Waals surface area contributed by atoms with Gasteiger partial charge in [0, 0.05) is 18.8 Å². The predicted molar refractivity (Wildman–Crippen MR) is 91.7 cm³/mol. The molecule has 0 amide bonds. The SMILES string of the molecule is O=S(=O)(Nc1cccc(N2CCOCC2)c1)c1ccc(F)c(Cl)c1. The second-order valence-electron chi connectivity index (χ2n) is 5.33. The van der Waals surface area contributed by atoms with E-state index in [1.807, 2.05) is 6.07 Å². The first-order valence-electron chi connectivity index (χ1n) is 7.36. The minimum absolute atomic E-state index is 0.0920. The Morgan fingerprint density at radius 1 is 1.12 bits per heavy atom. The number of morpholine rings is 1. The Labute approximate surface area is 145 Å². The molecular formula is C16H16ClFN2O3S. The number of nitrogens with one attached hydrogen (secondary N) is 1. The van der Waals surface area contributed by atoms with Gasteiger partial charge in [-0.3, -0.25) is 4.72 Å². The first kappa shape index (κ1) is 17.0. The molecule has 1 heterocycles. The smallest absolute Gasteiger partial charge is 0.261 e. The molecule has 0 saturated carbocycles. The van der Waals surface area contributed by atoms with E-state index in [-0.39, 0.29) is 9.92 Å². The largest absolute Gasteiger partial charge is 0.378 e. The normalized spacial score (nSPS) is 15.3. The average Bonchev–Trinajstić information content (AvgIpc) is 2.58. The molecule has 128 valence electrons. The Morgan fingerprint density at radius 3 is 2.58 bits per heavy atom. The molecule has 3 rings (SSSR count). The number of sulfonamides is 1. The maximum Gasteiger partial charge on any atom is 0.261 e. The first-order valence-corrected chi connectivity index (χ1v) is 9.22. The van der Waals surface area contributed by atoms with Crippen molar-refractivity contribution in [2.45, 2.75) is 4.90 Å². The van der Waals surface area contributed by atoms with E-state index in [1.165, 1.54) is 6.07 Å². The van der Waals surface area contributed by atoms with Crippen molar-refractivity contribution in [2.75, 3.05) is 35.9 Å². The zero-order chi connectivity index (χ0) is 17.2. The molecule has 8 heteroatoms. The molecule has 5 nitrogen and oxygen atoms in total. The molecule has 1 N–H and O–H groups in total. The van der Waals surface area contributed by atoms with E-state index in [1.54, 1.807) is 18.2 Å². The molecular weight excluding hydrogens is 355 g/mol. The molecule has 2 aromatic rings. The Kier molecular flexibility index (Phi) is 4.93. The molecule has 1 aliphatic rings. The van der Waals surface area contributed by atoms with Gasteiger partial charge in [0.15, 0.2) is 0 Å². The Morgan fingerprint density at radius 2 is 1.88 bits per heavy atom. The molecule has 2 aromatic carbocycles. The van der Waals surface area contributed by atoms with E-state index in [4.69, 9.17) is 16.3 Å². The fourth-order valence-electron chi connectivity index (χ4n) is 2.45. The molecule has 0 atom stereocenters. The second-order valence-corrected chi connectivity index (χ2v) is 7.42. The summed E-state index contributed by atoms with van der Waals surface area (Å²) in [7, 11) is -3.84. The van der Waals surface area contributed by atoms with Crippen LogP contribution in [0.3, 0.4) is 0 Å². The lowest BCUT2D eigenvalue weighted by atomic mass is 10.2. The third-order valence-electron chi connectivity index (χ3n) is 3.68. The molecule has 1 fully saturated rings. The van der Waals surface area contributed by atoms with Crippen molar-refractivity contribution in [3.8, 4) is 0 Å². The molecule has 0 spiro atoms. The summed E-state index contributed by atoms with van der Waals surface area (Å²) in [5.74, 6) is -0.662. The number of halogens is 2. The summed E-state index contributed by atoms with van der Waals surface area (Å²) in [5, 5.41) is -0.236. The number of nitrogens with zero attached hydrogens (tertiary/aromatic N) is 1. The molecule has 0 bridgehead atoms. The van der Waals surface area contributed by atoms with Gasteiger partial charge < -0.3 is 9.64 Å². The van der Waals surface area contributed by atoms with Crippen LogP contribution in [0, 0.1) is 5.82 Å². The summed E-state index contributed by atoms with van der Waals surface area (Å²) < 4.78 is 45.9. The van der Waals surface area contributed by atoms with Gasteiger partial charge in [0.25, 0.3) is 10.0 Å². The quantitative estimate of drug-likeness (QED) is 0.898. The number of anilines is 2. The van der Waals surface area contributed by atoms with E-state index in [2.05, 4.69) is 9.62 Å². The average molecular weight is 371 g/mol. The number of ether oxygens (including phenoxy) is 1. The summed E-state index contributed by atoms with van der Waals surface area (Å²) >= 11 is 5.66. The van der Waals surface area contributed by atoms with E-state index < -0.39 is 15.8 Å². The zero-order valence-corrected chi connectivity index (χ0v) is 14.3. The van der Waals surface area contributed by atoms with Gasteiger partial charge in [-0.25, -0.2) is 12.8 Å². The van der Waals surface area contributed by atoms with Crippen LogP contribution in [0.5, 0.6) is 0 Å². The molecule has 24 heavy (non-hydrogen) atoms. The van der Waals surface area contributed by atoms with Crippen LogP contribution in [0.1, 0.15) is 0 Å². The Hall–Kier alpha value is -1.83. The second kappa shape index (κ2) is 6.96. The summed E-state index contributed by atoms with van der Waals surface area (Å²) in [6.45, 7) is 2.79. The van der Waals surface area contributed by atoms with Crippen molar-refractivity contribution >= 4 is 33.0 Å². The fraction of sp³-hybridized carbons (Fsp3) is 0.250. The first-order chi connectivity index (χ1) is 11.5. The highest BCUT2D eigenvalue weighted by Gasteiger charge is 2.17. The van der Waals surface area contributed by atoms with Crippen molar-refractivity contribution in [1.29, 1.82) is 0 Å². The molecule has 1 aliphatic heterocycles. The predicted octanol–water partition coefficient (Wildman–Crippen LogP) is 3.12. The molecule has 1 saturated heterocycles. The summed E-state index contributed by atoms with van der Waals surface area (Å²) in [6, 6.07) is 10.4. The van der Waals surface area contributed by atoms with Gasteiger partial charge >= 0.3 is 0 Å². The third-order valence-corrected chi connectivity index (χ3v) is 5.34. The van der Waals surface area contributed by atoms with Crippen LogP contribution in [0.15, 0.2) is 47.4 Å². The van der Waals surface area contributed by atoms with Gasteiger partial charge in [-0.15, -0.1) is 0 Å². The van der Waals surface area contributed by atoms with Crippen LogP contribution in [0.2, 0.25) is 5.02 Å². The Balaban J connectivity index is 1.83. The highest BCUT2D eigenvalue weighted by atomic mass is 35.5. The zero-order valence-electron chi connectivity index (χ0n) is 12.7. The number of hydrogen-bond acceptors (Lipinski definition) is 4. The maximum atomic E-state index is 13.2. The van der Waals surface area contributed by atoms with Gasteiger partial charge in [-0.2, -0.15) is 0 Å². The van der Waals surface area contributed by atoms with Crippen molar-refractivity contribution in [3.05, 3.63) is 53.3 Å². The molecule has 0 aromatic heterocycles. The van der Waals surface area contributed by atoms with Gasteiger partial charge in [0.1, 0.15) is 5.82 Å². The number of benzene rings is 2. The van der Waals surface area contributed by atoms with Crippen molar-refractivity contribution < 1.29 is 17.5 Å². The van der Waals surface area contributed by atoms with Gasteiger partial charge in [0.05, 0.1) is 28.8 Å². The monoisotopic (exact) mass is 370 g/mol. The van der Waals surface area contributed by atoms with Crippen molar-refractivity contribution in [2.24, 2.45) is 0 Å². The lowest BCUT2D eigenvalue weighted by molar-refractivity contribution is 0.122. The molecule has 0 radical (unpaired) electrons. The fourth-order valence-corrected chi connectivity index (χ4v) is 3.77. The topological polar surface area (TPSA) is 58.6 Å². The standard InChI is InChI=1S/C16H16ClFN2O3S/c17-15-11-14(4-5-16(15)18)24(21,22)19-12-2-1-3-13(10-12)20-6-8-23-9-7-20/h1-5,10-11,19H,6-9H2. The van der Waals surface area contributed by atoms with Crippen LogP contribution in [0.4, 0.5) is 15.8 Å². The van der Waals surface area contributed by atoms with Crippen LogP contribution in [0.25, 0.3) is 0 Å². The van der Waals surface area contributed by atoms with E-state index in [9.17, 15) is 12.8 Å². The number of rotatable bonds is 4. The summed E-state index contributed by atoms with van der Waals surface area (Å²) in [6.07, 6.45) is 0. The summed E-state index contributed by atoms with van der Waals surface area (Å²) in [5.41, 5.74) is 1.34. The minimum atomic E-state index is -3.84. The highest BCUT2D eigenvalue weighted by Crippen LogP contribution is 2.24. The van der Waals surface area contributed by atoms with Crippen LogP contribution >= 0.6 is 11.6 Å². The van der Waals surface area contributed by atoms with Crippen LogP contribution in [-0.4, -0.2) is 34.7 Å². The minimum Gasteiger partial charge on any atom is -0.378 e. The maximum absolute atomic E-state index is 13.2. The van der Waals surface area contributed by atoms with Gasteiger partial charge in [0.2, 0.25) is 0 Å².